The maximum Gasteiger partial charge on any atom is 0.293 e. The van der Waals surface area contributed by atoms with Gasteiger partial charge in [-0.05, 0) is 32.8 Å². The Morgan fingerprint density at radius 3 is 2.31 bits per heavy atom. The molecule has 2 N–H and O–H groups in total. The van der Waals surface area contributed by atoms with Gasteiger partial charge in [-0.25, -0.2) is 0 Å². The van der Waals surface area contributed by atoms with Crippen LogP contribution in [0.2, 0.25) is 5.02 Å². The third-order valence-electron chi connectivity index (χ3n) is 4.27. The van der Waals surface area contributed by atoms with Gasteiger partial charge in [0.05, 0.1) is 15.5 Å². The highest BCUT2D eigenvalue weighted by atomic mass is 35.5. The van der Waals surface area contributed by atoms with E-state index in [0.29, 0.717) is 0 Å². The van der Waals surface area contributed by atoms with Gasteiger partial charge < -0.3 is 10.4 Å². The van der Waals surface area contributed by atoms with Crippen LogP contribution in [0, 0.1) is 16.0 Å². The summed E-state index contributed by atoms with van der Waals surface area (Å²) in [7, 11) is 0. The van der Waals surface area contributed by atoms with Crippen molar-refractivity contribution in [2.45, 2.75) is 65.4 Å². The molecular formula is C19H29ClN2O4. The minimum absolute atomic E-state index is 0.0992. The topological polar surface area (TPSA) is 92.5 Å². The number of nitrogens with one attached hydrogen (secondary N) is 1. The Labute approximate surface area is 160 Å². The van der Waals surface area contributed by atoms with Crippen molar-refractivity contribution in [3.63, 3.8) is 0 Å². The monoisotopic (exact) mass is 384 g/mol. The molecule has 1 aromatic carbocycles. The minimum atomic E-state index is -1.03. The molecule has 0 aliphatic heterocycles. The molecule has 0 radical (unpaired) electrons. The van der Waals surface area contributed by atoms with Crippen molar-refractivity contribution in [1.82, 2.24) is 0 Å². The van der Waals surface area contributed by atoms with Gasteiger partial charge in [0.25, 0.3) is 5.69 Å². The van der Waals surface area contributed by atoms with Crippen LogP contribution in [0.25, 0.3) is 0 Å². The molecule has 7 heteroatoms. The van der Waals surface area contributed by atoms with E-state index < -0.39 is 10.5 Å². The van der Waals surface area contributed by atoms with Gasteiger partial charge in [-0.3, -0.25) is 14.9 Å². The summed E-state index contributed by atoms with van der Waals surface area (Å²) in [5.74, 6) is 0.691. The van der Waals surface area contributed by atoms with E-state index in [2.05, 4.69) is 12.2 Å². The minimum Gasteiger partial charge on any atom is -0.389 e. The lowest BCUT2D eigenvalue weighted by atomic mass is 9.91. The molecule has 6 nitrogen and oxygen atoms in total. The van der Waals surface area contributed by atoms with Gasteiger partial charge >= 0.3 is 0 Å². The number of nitrogens with zero attached hydrogens (tertiary/aromatic N) is 1. The Balaban J connectivity index is 0.000000401. The van der Waals surface area contributed by atoms with Gasteiger partial charge in [-0.2, -0.15) is 0 Å². The van der Waals surface area contributed by atoms with E-state index in [0.717, 1.165) is 12.0 Å². The number of anilines is 1. The molecule has 0 saturated heterocycles. The van der Waals surface area contributed by atoms with Gasteiger partial charge in [0.15, 0.2) is 5.78 Å². The van der Waals surface area contributed by atoms with Gasteiger partial charge in [0, 0.05) is 18.2 Å². The average molecular weight is 385 g/mol. The number of carbonyl (C=O) groups excluding carboxylic acids is 1. The van der Waals surface area contributed by atoms with E-state index in [9.17, 15) is 20.0 Å². The van der Waals surface area contributed by atoms with Crippen molar-refractivity contribution in [3.05, 3.63) is 32.8 Å². The number of halogens is 1. The van der Waals surface area contributed by atoms with E-state index in [1.165, 1.54) is 45.1 Å². The van der Waals surface area contributed by atoms with Crippen molar-refractivity contribution < 1.29 is 14.8 Å². The van der Waals surface area contributed by atoms with Crippen LogP contribution in [0.1, 0.15) is 70.2 Å². The van der Waals surface area contributed by atoms with Crippen LogP contribution in [-0.2, 0) is 0 Å². The van der Waals surface area contributed by atoms with E-state index in [1.54, 1.807) is 13.8 Å². The first-order valence-corrected chi connectivity index (χ1v) is 9.34. The number of rotatable bonds is 5. The molecule has 0 bridgehead atoms. The first-order valence-electron chi connectivity index (χ1n) is 8.96. The van der Waals surface area contributed by atoms with Gasteiger partial charge in [-0.15, -0.1) is 0 Å². The molecule has 1 aliphatic carbocycles. The fourth-order valence-corrected chi connectivity index (χ4v) is 3.04. The largest absolute Gasteiger partial charge is 0.389 e. The number of nitro benzene ring substituents is 1. The number of hydrogen-bond donors (Lipinski definition) is 2. The Bertz CT molecular complexity index is 635. The summed E-state index contributed by atoms with van der Waals surface area (Å²) >= 11 is 5.91. The standard InChI is InChI=1S/C12H15ClN2O4.C7H14/c1-7(16)8-4-11(15(18)19)10(5-9(8)13)14-6-12(2,3)17;1-7-5-3-2-4-6-7/h4-5,14,17H,6H2,1-3H3;7H,2-6H2,1H3. The molecule has 0 spiro atoms. The summed E-state index contributed by atoms with van der Waals surface area (Å²) in [6.45, 7) is 6.90. The third kappa shape index (κ3) is 7.70. The fourth-order valence-electron chi connectivity index (χ4n) is 2.74. The highest BCUT2D eigenvalue weighted by molar-refractivity contribution is 6.34. The molecule has 1 aromatic rings. The van der Waals surface area contributed by atoms with Crippen molar-refractivity contribution in [3.8, 4) is 0 Å². The zero-order valence-corrected chi connectivity index (χ0v) is 16.7. The van der Waals surface area contributed by atoms with Crippen LogP contribution in [0.4, 0.5) is 11.4 Å². The van der Waals surface area contributed by atoms with Crippen LogP contribution in [-0.4, -0.2) is 28.0 Å². The summed E-state index contributed by atoms with van der Waals surface area (Å²) in [4.78, 5) is 21.7. The summed E-state index contributed by atoms with van der Waals surface area (Å²) in [6, 6.07) is 2.46. The SMILES string of the molecule is CC(=O)c1cc([N+](=O)[O-])c(NCC(C)(C)O)cc1Cl.CC1CCCCC1. The lowest BCUT2D eigenvalue weighted by Crippen LogP contribution is -2.29. The summed E-state index contributed by atoms with van der Waals surface area (Å²) in [6.07, 6.45) is 7.44. The predicted molar refractivity (Wildman–Crippen MR) is 105 cm³/mol. The molecule has 1 aliphatic rings. The van der Waals surface area contributed by atoms with Gasteiger partial charge in [0.1, 0.15) is 5.69 Å². The van der Waals surface area contributed by atoms with Crippen LogP contribution >= 0.6 is 11.6 Å². The maximum atomic E-state index is 11.3. The molecule has 0 atom stereocenters. The summed E-state index contributed by atoms with van der Waals surface area (Å²) < 4.78 is 0. The first kappa shape index (κ1) is 22.4. The molecule has 26 heavy (non-hydrogen) atoms. The number of Topliss-reactive ketones (excluding diaryl/α,β-unsaturated/α-hetero) is 1. The first-order chi connectivity index (χ1) is 12.0. The van der Waals surface area contributed by atoms with Crippen LogP contribution in [0.15, 0.2) is 12.1 Å². The summed E-state index contributed by atoms with van der Waals surface area (Å²) in [5, 5.41) is 23.5. The molecule has 0 heterocycles. The maximum absolute atomic E-state index is 11.3. The van der Waals surface area contributed by atoms with Crippen molar-refractivity contribution in [2.75, 3.05) is 11.9 Å². The Morgan fingerprint density at radius 2 is 1.92 bits per heavy atom. The Hall–Kier alpha value is -1.66. The predicted octanol–water partition coefficient (Wildman–Crippen LogP) is 5.22. The van der Waals surface area contributed by atoms with Crippen LogP contribution in [0.5, 0.6) is 0 Å². The fraction of sp³-hybridized carbons (Fsp3) is 0.632. The van der Waals surface area contributed by atoms with E-state index in [4.69, 9.17) is 11.6 Å². The number of aliphatic hydroxyl groups is 1. The molecule has 0 amide bonds. The number of carbonyl (C=O) groups is 1. The second kappa shape index (κ2) is 9.88. The lowest BCUT2D eigenvalue weighted by Gasteiger charge is -2.18. The highest BCUT2D eigenvalue weighted by Gasteiger charge is 2.21. The van der Waals surface area contributed by atoms with E-state index >= 15 is 0 Å². The molecule has 2 rings (SSSR count). The molecule has 0 unspecified atom stereocenters. The smallest absolute Gasteiger partial charge is 0.293 e. The molecule has 1 saturated carbocycles. The van der Waals surface area contributed by atoms with Crippen LogP contribution < -0.4 is 5.32 Å². The van der Waals surface area contributed by atoms with E-state index in [-0.39, 0.29) is 34.3 Å². The van der Waals surface area contributed by atoms with Crippen molar-refractivity contribution >= 4 is 28.8 Å². The van der Waals surface area contributed by atoms with Crippen molar-refractivity contribution in [1.29, 1.82) is 0 Å². The van der Waals surface area contributed by atoms with Crippen LogP contribution in [0.3, 0.4) is 0 Å². The van der Waals surface area contributed by atoms with Crippen molar-refractivity contribution in [2.24, 2.45) is 5.92 Å². The van der Waals surface area contributed by atoms with Gasteiger partial charge in [-0.1, -0.05) is 50.6 Å². The average Bonchev–Trinajstić information content (AvgIpc) is 2.53. The molecule has 146 valence electrons. The second-order valence-electron chi connectivity index (χ2n) is 7.57. The van der Waals surface area contributed by atoms with E-state index in [1.807, 2.05) is 0 Å². The zero-order chi connectivity index (χ0) is 19.9. The quantitative estimate of drug-likeness (QED) is 0.412. The Kier molecular flexibility index (Phi) is 8.50. The summed E-state index contributed by atoms with van der Waals surface area (Å²) in [5.41, 5.74) is -1.01. The number of benzene rings is 1. The normalized spacial score (nSPS) is 15.0. The number of nitro groups is 1. The molecular weight excluding hydrogens is 356 g/mol. The zero-order valence-electron chi connectivity index (χ0n) is 16.0. The number of hydrogen-bond acceptors (Lipinski definition) is 5. The second-order valence-corrected chi connectivity index (χ2v) is 7.98. The Morgan fingerprint density at radius 1 is 1.35 bits per heavy atom. The molecule has 0 aromatic heterocycles. The van der Waals surface area contributed by atoms with Gasteiger partial charge in [0.2, 0.25) is 0 Å². The lowest BCUT2D eigenvalue weighted by molar-refractivity contribution is -0.384. The molecule has 1 fully saturated rings. The number of ketones is 1. The third-order valence-corrected chi connectivity index (χ3v) is 4.58. The highest BCUT2D eigenvalue weighted by Crippen LogP contribution is 2.31.